The molecule has 1 aliphatic carbocycles. The number of benzene rings is 1. The highest BCUT2D eigenvalue weighted by Crippen LogP contribution is 2.38. The highest BCUT2D eigenvalue weighted by molar-refractivity contribution is 7.89. The van der Waals surface area contributed by atoms with Crippen LogP contribution in [0.15, 0.2) is 48.1 Å². The number of imidazole rings is 1. The second-order valence-corrected chi connectivity index (χ2v) is 13.1. The maximum absolute atomic E-state index is 13.8. The first-order valence-corrected chi connectivity index (χ1v) is 15.9. The van der Waals surface area contributed by atoms with E-state index in [1.165, 1.54) is 47.6 Å². The molecule has 0 radical (unpaired) electrons. The van der Waals surface area contributed by atoms with E-state index in [2.05, 4.69) is 14.7 Å². The van der Waals surface area contributed by atoms with Crippen molar-refractivity contribution in [2.45, 2.75) is 62.4 Å². The van der Waals surface area contributed by atoms with E-state index >= 15 is 0 Å². The second-order valence-electron chi connectivity index (χ2n) is 10.5. The lowest BCUT2D eigenvalue weighted by Gasteiger charge is -2.33. The van der Waals surface area contributed by atoms with Crippen molar-refractivity contribution >= 4 is 39.2 Å². The van der Waals surface area contributed by atoms with Gasteiger partial charge in [0.2, 0.25) is 5.16 Å². The maximum atomic E-state index is 13.8. The average Bonchev–Trinajstić information content (AvgIpc) is 3.70. The van der Waals surface area contributed by atoms with Crippen LogP contribution in [-0.2, 0) is 33.0 Å². The topological polar surface area (TPSA) is 113 Å². The Morgan fingerprint density at radius 3 is 2.51 bits per heavy atom. The Bertz CT molecular complexity index is 1550. The molecule has 15 heteroatoms. The number of esters is 1. The van der Waals surface area contributed by atoms with Crippen LogP contribution >= 0.6 is 23.2 Å². The van der Waals surface area contributed by atoms with Gasteiger partial charge in [0, 0.05) is 44.8 Å². The number of alkyl halides is 2. The molecular weight excluding hydrogens is 629 g/mol. The van der Waals surface area contributed by atoms with Crippen molar-refractivity contribution in [2.24, 2.45) is 13.0 Å². The third-order valence-electron chi connectivity index (χ3n) is 7.37. The molecule has 1 saturated carbocycles. The summed E-state index contributed by atoms with van der Waals surface area (Å²) in [5, 5.41) is 0.271. The molecule has 2 fully saturated rings. The molecule has 43 heavy (non-hydrogen) atoms. The summed E-state index contributed by atoms with van der Waals surface area (Å²) >= 11 is 12.8. The Kier molecular flexibility index (Phi) is 9.74. The van der Waals surface area contributed by atoms with Crippen LogP contribution in [0.2, 0.25) is 10.0 Å². The lowest BCUT2D eigenvalue weighted by atomic mass is 10.0. The van der Waals surface area contributed by atoms with Crippen molar-refractivity contribution in [1.82, 2.24) is 18.8 Å². The van der Waals surface area contributed by atoms with Gasteiger partial charge in [-0.1, -0.05) is 29.3 Å². The van der Waals surface area contributed by atoms with Crippen molar-refractivity contribution in [1.29, 1.82) is 0 Å². The molecule has 5 rings (SSSR count). The predicted octanol–water partition coefficient (Wildman–Crippen LogP) is 5.58. The summed E-state index contributed by atoms with van der Waals surface area (Å²) < 4.78 is 72.3. The molecule has 0 unspecified atom stereocenters. The predicted molar refractivity (Wildman–Crippen MR) is 153 cm³/mol. The number of hydrogen-bond donors (Lipinski definition) is 0. The van der Waals surface area contributed by atoms with E-state index in [0.29, 0.717) is 36.5 Å². The number of carbonyl (C=O) groups excluding carboxylic acids is 1. The van der Waals surface area contributed by atoms with Crippen LogP contribution in [0.5, 0.6) is 11.5 Å². The number of ether oxygens (including phenoxy) is 3. The number of sulfonamides is 1. The normalized spacial score (nSPS) is 18.4. The van der Waals surface area contributed by atoms with Gasteiger partial charge in [-0.25, -0.2) is 13.4 Å². The number of piperidine rings is 1. The molecule has 0 N–H and O–H groups in total. The summed E-state index contributed by atoms with van der Waals surface area (Å²) in [5.74, 6) is -0.556. The first kappa shape index (κ1) is 31.4. The van der Waals surface area contributed by atoms with Gasteiger partial charge < -0.3 is 18.8 Å². The van der Waals surface area contributed by atoms with Gasteiger partial charge in [-0.15, -0.1) is 0 Å². The smallest absolute Gasteiger partial charge is 0.387 e. The summed E-state index contributed by atoms with van der Waals surface area (Å²) in [6.07, 6.45) is 7.97. The van der Waals surface area contributed by atoms with Crippen LogP contribution in [-0.4, -0.2) is 59.0 Å². The van der Waals surface area contributed by atoms with E-state index in [-0.39, 0.29) is 46.1 Å². The molecule has 3 heterocycles. The van der Waals surface area contributed by atoms with Gasteiger partial charge in [-0.2, -0.15) is 13.1 Å². The molecule has 0 bridgehead atoms. The van der Waals surface area contributed by atoms with Crippen molar-refractivity contribution < 1.29 is 36.2 Å². The van der Waals surface area contributed by atoms with Crippen LogP contribution in [0.4, 0.5) is 8.78 Å². The summed E-state index contributed by atoms with van der Waals surface area (Å²) in [6.45, 7) is -2.65. The van der Waals surface area contributed by atoms with Gasteiger partial charge in [0.25, 0.3) is 10.0 Å². The number of aryl methyl sites for hydroxylation is 1. The van der Waals surface area contributed by atoms with Gasteiger partial charge in [-0.3, -0.25) is 9.78 Å². The molecule has 1 saturated heterocycles. The van der Waals surface area contributed by atoms with E-state index in [4.69, 9.17) is 32.7 Å². The second kappa shape index (κ2) is 13.3. The van der Waals surface area contributed by atoms with E-state index < -0.39 is 34.7 Å². The van der Waals surface area contributed by atoms with E-state index in [1.54, 1.807) is 7.05 Å². The van der Waals surface area contributed by atoms with E-state index in [0.717, 1.165) is 17.1 Å². The summed E-state index contributed by atoms with van der Waals surface area (Å²) in [5.41, 5.74) is 0.824. The monoisotopic (exact) mass is 658 g/mol. The number of halogens is 4. The lowest BCUT2D eigenvalue weighted by Crippen LogP contribution is -2.49. The van der Waals surface area contributed by atoms with Gasteiger partial charge in [0.05, 0.1) is 16.7 Å². The molecule has 1 aromatic carbocycles. The van der Waals surface area contributed by atoms with Crippen LogP contribution < -0.4 is 9.47 Å². The van der Waals surface area contributed by atoms with Crippen molar-refractivity contribution in [3.63, 3.8) is 0 Å². The third kappa shape index (κ3) is 7.39. The molecular formula is C28H30Cl2F2N4O6S. The molecule has 2 aromatic heterocycles. The molecule has 0 amide bonds. The van der Waals surface area contributed by atoms with Crippen LogP contribution in [0.1, 0.15) is 49.3 Å². The van der Waals surface area contributed by atoms with Crippen molar-refractivity contribution in [2.75, 3.05) is 13.2 Å². The van der Waals surface area contributed by atoms with E-state index in [9.17, 15) is 22.0 Å². The Morgan fingerprint density at radius 1 is 1.12 bits per heavy atom. The first-order chi connectivity index (χ1) is 20.5. The molecule has 2 aliphatic rings. The Hall–Kier alpha value is -3.00. The minimum absolute atomic E-state index is 0.0120. The fraction of sp³-hybridized carbons (Fsp3) is 0.464. The number of carbonyl (C=O) groups is 1. The summed E-state index contributed by atoms with van der Waals surface area (Å²) in [6, 6.07) is 3.16. The summed E-state index contributed by atoms with van der Waals surface area (Å²) in [7, 11) is -2.57. The standard InChI is InChI=1S/C28H30Cl2F2N4O6S/c1-35-11-9-34-28(35)43(38,39)36-10-3-2-4-22(36)26(37)41-24(13-19-20(29)14-33-15-21(19)30)18-7-8-23(42-27(31)32)25(12-18)40-16-17-5-6-17/h7-9,11-12,14-15,17,22,24,27H,2-6,10,13,16H2,1H3/t22-,24-/m0/s1. The molecule has 1 aliphatic heterocycles. The molecule has 0 spiro atoms. The number of aromatic nitrogens is 3. The highest BCUT2D eigenvalue weighted by Gasteiger charge is 2.41. The average molecular weight is 660 g/mol. The zero-order chi connectivity index (χ0) is 30.7. The molecule has 2 atom stereocenters. The quantitative estimate of drug-likeness (QED) is 0.232. The van der Waals surface area contributed by atoms with Gasteiger partial charge >= 0.3 is 12.6 Å². The fourth-order valence-electron chi connectivity index (χ4n) is 4.92. The first-order valence-electron chi connectivity index (χ1n) is 13.7. The molecule has 3 aromatic rings. The largest absolute Gasteiger partial charge is 0.489 e. The van der Waals surface area contributed by atoms with E-state index in [1.807, 2.05) is 0 Å². The molecule has 232 valence electrons. The highest BCUT2D eigenvalue weighted by atomic mass is 35.5. The van der Waals surface area contributed by atoms with Gasteiger partial charge in [0.15, 0.2) is 11.5 Å². The third-order valence-corrected chi connectivity index (χ3v) is 9.93. The minimum Gasteiger partial charge on any atom is -0.489 e. The van der Waals surface area contributed by atoms with Crippen LogP contribution in [0.25, 0.3) is 0 Å². The zero-order valence-corrected chi connectivity index (χ0v) is 25.5. The Morgan fingerprint density at radius 2 is 1.86 bits per heavy atom. The van der Waals surface area contributed by atoms with Crippen LogP contribution in [0, 0.1) is 5.92 Å². The van der Waals surface area contributed by atoms with Crippen molar-refractivity contribution in [3.05, 3.63) is 64.2 Å². The lowest BCUT2D eigenvalue weighted by molar-refractivity contribution is -0.155. The number of nitrogens with zero attached hydrogens (tertiary/aromatic N) is 4. The fourth-order valence-corrected chi connectivity index (χ4v) is 7.17. The van der Waals surface area contributed by atoms with Crippen molar-refractivity contribution in [3.8, 4) is 11.5 Å². The summed E-state index contributed by atoms with van der Waals surface area (Å²) in [4.78, 5) is 21.7. The maximum Gasteiger partial charge on any atom is 0.387 e. The number of rotatable bonds is 12. The Labute approximate surface area is 257 Å². The zero-order valence-electron chi connectivity index (χ0n) is 23.2. The van der Waals surface area contributed by atoms with Gasteiger partial charge in [-0.05, 0) is 61.3 Å². The number of pyridine rings is 1. The number of hydrogen-bond acceptors (Lipinski definition) is 8. The minimum atomic E-state index is -4.12. The Balaban J connectivity index is 1.48. The van der Waals surface area contributed by atoms with Crippen LogP contribution in [0.3, 0.4) is 0 Å². The molecule has 10 nitrogen and oxygen atoms in total. The SMILES string of the molecule is Cn1ccnc1S(=O)(=O)N1CCCC[C@H]1C(=O)O[C@@H](Cc1c(Cl)cncc1Cl)c1ccc(OC(F)F)c(OCC2CC2)c1. The van der Waals surface area contributed by atoms with Gasteiger partial charge in [0.1, 0.15) is 12.1 Å².